The molecular formula is C27H44N2O4. The Morgan fingerprint density at radius 2 is 1.82 bits per heavy atom. The molecule has 1 fully saturated rings. The smallest absolute Gasteiger partial charge is 0.412 e. The lowest BCUT2D eigenvalue weighted by molar-refractivity contribution is -0.150. The average Bonchev–Trinajstić information content (AvgIpc) is 2.73. The Bertz CT molecular complexity index is 756. The fourth-order valence-electron chi connectivity index (χ4n) is 5.21. The summed E-state index contributed by atoms with van der Waals surface area (Å²) in [5, 5.41) is 2.94. The van der Waals surface area contributed by atoms with Gasteiger partial charge in [0.05, 0.1) is 12.5 Å². The summed E-state index contributed by atoms with van der Waals surface area (Å²) in [6.07, 6.45) is 5.90. The zero-order valence-corrected chi connectivity index (χ0v) is 21.5. The van der Waals surface area contributed by atoms with Gasteiger partial charge in [0.1, 0.15) is 5.75 Å². The van der Waals surface area contributed by atoms with Gasteiger partial charge < -0.3 is 19.7 Å². The molecule has 186 valence electrons. The van der Waals surface area contributed by atoms with E-state index in [1.807, 2.05) is 32.0 Å². The first-order valence-electron chi connectivity index (χ1n) is 12.5. The van der Waals surface area contributed by atoms with Crippen molar-refractivity contribution in [3.8, 4) is 5.75 Å². The second-order valence-corrected chi connectivity index (χ2v) is 10.3. The van der Waals surface area contributed by atoms with Crippen molar-refractivity contribution in [1.29, 1.82) is 0 Å². The van der Waals surface area contributed by atoms with E-state index in [0.717, 1.165) is 38.6 Å². The van der Waals surface area contributed by atoms with Crippen LogP contribution in [0.15, 0.2) is 24.3 Å². The van der Waals surface area contributed by atoms with Gasteiger partial charge in [-0.1, -0.05) is 45.2 Å². The number of nitrogens with one attached hydrogen (secondary N) is 1. The number of amides is 1. The molecular weight excluding hydrogens is 416 g/mol. The van der Waals surface area contributed by atoms with E-state index in [1.54, 1.807) is 0 Å². The average molecular weight is 461 g/mol. The van der Waals surface area contributed by atoms with Gasteiger partial charge in [-0.05, 0) is 82.2 Å². The van der Waals surface area contributed by atoms with E-state index in [2.05, 4.69) is 44.2 Å². The fraction of sp³-hybridized carbons (Fsp3) is 0.704. The third-order valence-corrected chi connectivity index (χ3v) is 6.69. The summed E-state index contributed by atoms with van der Waals surface area (Å²) in [5.41, 5.74) is 0.942. The molecule has 1 aliphatic carbocycles. The summed E-state index contributed by atoms with van der Waals surface area (Å²) in [5.74, 6) is 1.26. The summed E-state index contributed by atoms with van der Waals surface area (Å²) in [6.45, 7) is 9.62. The van der Waals surface area contributed by atoms with Crippen molar-refractivity contribution in [2.45, 2.75) is 84.7 Å². The van der Waals surface area contributed by atoms with Crippen LogP contribution in [0.2, 0.25) is 0 Å². The minimum Gasteiger partial charge on any atom is -0.463 e. The molecule has 1 aromatic carbocycles. The maximum atomic E-state index is 12.6. The number of esters is 1. The monoisotopic (exact) mass is 460 g/mol. The van der Waals surface area contributed by atoms with Crippen LogP contribution in [0, 0.1) is 11.3 Å². The van der Waals surface area contributed by atoms with Crippen molar-refractivity contribution < 1.29 is 19.1 Å². The quantitative estimate of drug-likeness (QED) is 0.425. The van der Waals surface area contributed by atoms with Gasteiger partial charge in [-0.3, -0.25) is 4.79 Å². The van der Waals surface area contributed by atoms with Gasteiger partial charge in [-0.15, -0.1) is 0 Å². The number of hydrogen-bond donors (Lipinski definition) is 1. The summed E-state index contributed by atoms with van der Waals surface area (Å²) in [7, 11) is 4.18. The van der Waals surface area contributed by atoms with Crippen LogP contribution in [-0.2, 0) is 9.53 Å². The van der Waals surface area contributed by atoms with Gasteiger partial charge in [0.15, 0.2) is 0 Å². The number of ether oxygens (including phenoxy) is 2. The molecule has 1 aromatic rings. The molecule has 0 aromatic heterocycles. The molecule has 0 bridgehead atoms. The number of hydrogen-bond acceptors (Lipinski definition) is 5. The topological polar surface area (TPSA) is 67.9 Å². The van der Waals surface area contributed by atoms with E-state index >= 15 is 0 Å². The van der Waals surface area contributed by atoms with Crippen molar-refractivity contribution in [3.63, 3.8) is 0 Å². The Labute approximate surface area is 200 Å². The zero-order chi connectivity index (χ0) is 24.4. The van der Waals surface area contributed by atoms with E-state index in [1.165, 1.54) is 12.0 Å². The van der Waals surface area contributed by atoms with Crippen LogP contribution in [0.25, 0.3) is 0 Å². The zero-order valence-electron chi connectivity index (χ0n) is 21.5. The normalized spacial score (nSPS) is 17.5. The third-order valence-electron chi connectivity index (χ3n) is 6.69. The summed E-state index contributed by atoms with van der Waals surface area (Å²) < 4.78 is 11.0. The highest BCUT2D eigenvalue weighted by Gasteiger charge is 2.35. The lowest BCUT2D eigenvalue weighted by Crippen LogP contribution is -2.41. The molecule has 0 aliphatic heterocycles. The SMILES string of the molecule is CC[C@H](c1cccc(OC(=O)NCC2(CC(=O)OC(C)C)CCCCC2)c1)[C@@H](C)CN(C)C. The maximum absolute atomic E-state index is 12.6. The molecule has 1 saturated carbocycles. The van der Waals surface area contributed by atoms with E-state index in [9.17, 15) is 9.59 Å². The highest BCUT2D eigenvalue weighted by Crippen LogP contribution is 2.39. The second-order valence-electron chi connectivity index (χ2n) is 10.3. The van der Waals surface area contributed by atoms with Crippen LogP contribution in [0.4, 0.5) is 4.79 Å². The van der Waals surface area contributed by atoms with Gasteiger partial charge in [0.25, 0.3) is 0 Å². The van der Waals surface area contributed by atoms with E-state index < -0.39 is 6.09 Å². The first kappa shape index (κ1) is 27.2. The van der Waals surface area contributed by atoms with Gasteiger partial charge in [-0.2, -0.15) is 0 Å². The second kappa shape index (κ2) is 13.0. The minimum absolute atomic E-state index is 0.129. The minimum atomic E-state index is -0.469. The number of rotatable bonds is 11. The number of benzene rings is 1. The van der Waals surface area contributed by atoms with Crippen LogP contribution >= 0.6 is 0 Å². The standard InChI is InChI=1S/C27H44N2O4/c1-7-24(21(4)18-29(5)6)22-12-11-13-23(16-22)33-26(31)28-19-27(14-9-8-10-15-27)17-25(30)32-20(2)3/h11-13,16,20-21,24H,7-10,14-15,17-19H2,1-6H3,(H,28,31)/t21-,24-/m0/s1. The summed E-state index contributed by atoms with van der Waals surface area (Å²) in [6, 6.07) is 7.87. The molecule has 33 heavy (non-hydrogen) atoms. The number of carbonyl (C=O) groups excluding carboxylic acids is 2. The molecule has 0 spiro atoms. The lowest BCUT2D eigenvalue weighted by Gasteiger charge is -2.36. The lowest BCUT2D eigenvalue weighted by atomic mass is 9.71. The molecule has 0 unspecified atom stereocenters. The van der Waals surface area contributed by atoms with Crippen LogP contribution in [0.5, 0.6) is 5.75 Å². The Balaban J connectivity index is 2.00. The molecule has 6 heteroatoms. The van der Waals surface area contributed by atoms with Crippen molar-refractivity contribution in [1.82, 2.24) is 10.2 Å². The Morgan fingerprint density at radius 3 is 2.42 bits per heavy atom. The molecule has 2 rings (SSSR count). The maximum Gasteiger partial charge on any atom is 0.412 e. The molecule has 1 N–H and O–H groups in total. The Hall–Kier alpha value is -2.08. The molecule has 6 nitrogen and oxygen atoms in total. The predicted octanol–water partition coefficient (Wildman–Crippen LogP) is 5.76. The van der Waals surface area contributed by atoms with Gasteiger partial charge in [0.2, 0.25) is 0 Å². The van der Waals surface area contributed by atoms with Crippen LogP contribution < -0.4 is 10.1 Å². The summed E-state index contributed by atoms with van der Waals surface area (Å²) >= 11 is 0. The fourth-order valence-corrected chi connectivity index (χ4v) is 5.21. The Morgan fingerprint density at radius 1 is 1.12 bits per heavy atom. The molecule has 1 amide bonds. The molecule has 0 heterocycles. The van der Waals surface area contributed by atoms with Crippen LogP contribution in [0.1, 0.15) is 84.1 Å². The van der Waals surface area contributed by atoms with E-state index in [-0.39, 0.29) is 17.5 Å². The highest BCUT2D eigenvalue weighted by molar-refractivity contribution is 5.72. The first-order valence-corrected chi connectivity index (χ1v) is 12.5. The van der Waals surface area contributed by atoms with Crippen molar-refractivity contribution in [2.24, 2.45) is 11.3 Å². The van der Waals surface area contributed by atoms with Crippen LogP contribution in [0.3, 0.4) is 0 Å². The third kappa shape index (κ3) is 9.00. The van der Waals surface area contributed by atoms with Gasteiger partial charge in [0, 0.05) is 13.1 Å². The van der Waals surface area contributed by atoms with Crippen molar-refractivity contribution >= 4 is 12.1 Å². The van der Waals surface area contributed by atoms with Crippen molar-refractivity contribution in [3.05, 3.63) is 29.8 Å². The van der Waals surface area contributed by atoms with E-state index in [0.29, 0.717) is 30.6 Å². The van der Waals surface area contributed by atoms with E-state index in [4.69, 9.17) is 9.47 Å². The number of nitrogens with zero attached hydrogens (tertiary/aromatic N) is 1. The molecule has 1 aliphatic rings. The largest absolute Gasteiger partial charge is 0.463 e. The first-order chi connectivity index (χ1) is 15.6. The Kier molecular flexibility index (Phi) is 10.7. The molecule has 0 saturated heterocycles. The van der Waals surface area contributed by atoms with Gasteiger partial charge >= 0.3 is 12.1 Å². The van der Waals surface area contributed by atoms with Gasteiger partial charge in [-0.25, -0.2) is 4.79 Å². The van der Waals surface area contributed by atoms with Crippen LogP contribution in [-0.4, -0.2) is 50.3 Å². The molecule has 0 radical (unpaired) electrons. The highest BCUT2D eigenvalue weighted by atomic mass is 16.6. The predicted molar refractivity (Wildman–Crippen MR) is 133 cm³/mol. The number of carbonyl (C=O) groups is 2. The summed E-state index contributed by atoms with van der Waals surface area (Å²) in [4.78, 5) is 27.2. The van der Waals surface area contributed by atoms with Crippen molar-refractivity contribution in [2.75, 3.05) is 27.2 Å². The molecule has 2 atom stereocenters.